The van der Waals surface area contributed by atoms with E-state index in [4.69, 9.17) is 0 Å². The van der Waals surface area contributed by atoms with Crippen LogP contribution >= 0.6 is 22.7 Å². The molecular weight excluding hydrogens is 419 g/mol. The van der Waals surface area contributed by atoms with E-state index in [9.17, 15) is 18.0 Å². The molecule has 29 heavy (non-hydrogen) atoms. The number of amides is 1. The topological polar surface area (TPSA) is 36.4 Å². The molecule has 9 heteroatoms. The maximum Gasteiger partial charge on any atom is 0.416 e. The van der Waals surface area contributed by atoms with Crippen LogP contribution < -0.4 is 4.90 Å². The first-order chi connectivity index (χ1) is 13.9. The number of benzene rings is 1. The van der Waals surface area contributed by atoms with Crippen molar-refractivity contribution in [3.05, 3.63) is 58.4 Å². The number of hydrogen-bond donors (Lipinski definition) is 0. The molecule has 1 aromatic carbocycles. The molecule has 1 aliphatic heterocycles. The van der Waals surface area contributed by atoms with Crippen LogP contribution in [0.1, 0.15) is 11.3 Å². The van der Waals surface area contributed by atoms with Gasteiger partial charge in [-0.3, -0.25) is 4.79 Å². The minimum Gasteiger partial charge on any atom is -0.368 e. The van der Waals surface area contributed by atoms with Gasteiger partial charge in [0.2, 0.25) is 5.91 Å². The number of halogens is 3. The lowest BCUT2D eigenvalue weighted by molar-refractivity contribution is -0.137. The fourth-order valence-corrected chi connectivity index (χ4v) is 4.90. The van der Waals surface area contributed by atoms with Crippen LogP contribution in [0.3, 0.4) is 0 Å². The van der Waals surface area contributed by atoms with Gasteiger partial charge in [-0.15, -0.1) is 22.7 Å². The van der Waals surface area contributed by atoms with Gasteiger partial charge < -0.3 is 9.80 Å². The third kappa shape index (κ3) is 4.62. The lowest BCUT2D eigenvalue weighted by Crippen LogP contribution is -2.49. The summed E-state index contributed by atoms with van der Waals surface area (Å²) in [5, 5.41) is 4.81. The summed E-state index contributed by atoms with van der Waals surface area (Å²) in [7, 11) is 0. The molecule has 0 atom stereocenters. The normalized spacial score (nSPS) is 15.0. The molecule has 152 valence electrons. The maximum atomic E-state index is 12.9. The summed E-state index contributed by atoms with van der Waals surface area (Å²) in [5.74, 6) is -0.00304. The molecule has 1 amide bonds. The van der Waals surface area contributed by atoms with Crippen molar-refractivity contribution in [1.29, 1.82) is 0 Å². The summed E-state index contributed by atoms with van der Waals surface area (Å²) in [4.78, 5) is 21.9. The number of hydrogen-bond acceptors (Lipinski definition) is 5. The van der Waals surface area contributed by atoms with Crippen molar-refractivity contribution in [2.45, 2.75) is 12.6 Å². The van der Waals surface area contributed by atoms with Crippen molar-refractivity contribution < 1.29 is 18.0 Å². The third-order valence-electron chi connectivity index (χ3n) is 4.79. The lowest BCUT2D eigenvalue weighted by atomic mass is 10.1. The van der Waals surface area contributed by atoms with Gasteiger partial charge in [-0.2, -0.15) is 13.2 Å². The zero-order chi connectivity index (χ0) is 20.4. The number of carbonyl (C=O) groups is 1. The molecule has 0 aliphatic carbocycles. The van der Waals surface area contributed by atoms with Crippen molar-refractivity contribution >= 4 is 34.3 Å². The summed E-state index contributed by atoms with van der Waals surface area (Å²) < 4.78 is 38.8. The number of carbonyl (C=O) groups excluding carboxylic acids is 1. The average molecular weight is 438 g/mol. The first-order valence-corrected chi connectivity index (χ1v) is 10.8. The molecule has 0 spiro atoms. The number of anilines is 1. The third-order valence-corrected chi connectivity index (χ3v) is 6.72. The number of piperazine rings is 1. The Morgan fingerprint density at radius 3 is 2.55 bits per heavy atom. The van der Waals surface area contributed by atoms with Gasteiger partial charge in [0.1, 0.15) is 5.01 Å². The van der Waals surface area contributed by atoms with E-state index in [0.29, 0.717) is 31.9 Å². The van der Waals surface area contributed by atoms with E-state index in [1.165, 1.54) is 23.5 Å². The van der Waals surface area contributed by atoms with E-state index < -0.39 is 11.7 Å². The highest BCUT2D eigenvalue weighted by atomic mass is 32.1. The molecule has 0 saturated carbocycles. The van der Waals surface area contributed by atoms with Crippen LogP contribution in [0.15, 0.2) is 47.2 Å². The fourth-order valence-electron chi connectivity index (χ4n) is 3.26. The number of thiophene rings is 1. The number of thiazole rings is 1. The first-order valence-electron chi connectivity index (χ1n) is 9.08. The molecule has 0 bridgehead atoms. The largest absolute Gasteiger partial charge is 0.416 e. The molecule has 0 unspecified atom stereocenters. The lowest BCUT2D eigenvalue weighted by Gasteiger charge is -2.36. The van der Waals surface area contributed by atoms with Crippen molar-refractivity contribution in [3.8, 4) is 9.88 Å². The molecule has 1 saturated heterocycles. The van der Waals surface area contributed by atoms with E-state index in [-0.39, 0.29) is 12.3 Å². The van der Waals surface area contributed by atoms with Gasteiger partial charge in [0.15, 0.2) is 0 Å². The van der Waals surface area contributed by atoms with Gasteiger partial charge in [0.25, 0.3) is 0 Å². The number of nitrogens with zero attached hydrogens (tertiary/aromatic N) is 3. The molecule has 3 aromatic rings. The van der Waals surface area contributed by atoms with Crippen LogP contribution in [-0.4, -0.2) is 42.0 Å². The van der Waals surface area contributed by atoms with Gasteiger partial charge in [-0.1, -0.05) is 12.1 Å². The second kappa shape index (κ2) is 8.16. The Morgan fingerprint density at radius 1 is 1.07 bits per heavy atom. The van der Waals surface area contributed by atoms with Gasteiger partial charge in [0.05, 0.1) is 22.6 Å². The summed E-state index contributed by atoms with van der Waals surface area (Å²) in [6, 6.07) is 9.30. The Hall–Kier alpha value is -2.39. The SMILES string of the molecule is O=C(Cc1csc(-c2cccs2)n1)N1CCN(c2cccc(C(F)(F)F)c2)CC1. The van der Waals surface area contributed by atoms with Gasteiger partial charge in [-0.05, 0) is 29.6 Å². The molecule has 0 N–H and O–H groups in total. The predicted octanol–water partition coefficient (Wildman–Crippen LogP) is 4.78. The van der Waals surface area contributed by atoms with Crippen LogP contribution in [0, 0.1) is 0 Å². The molecule has 3 heterocycles. The van der Waals surface area contributed by atoms with Crippen LogP contribution in [0.5, 0.6) is 0 Å². The van der Waals surface area contributed by atoms with Gasteiger partial charge in [-0.25, -0.2) is 4.98 Å². The summed E-state index contributed by atoms with van der Waals surface area (Å²) in [6.07, 6.45) is -4.12. The smallest absolute Gasteiger partial charge is 0.368 e. The number of aromatic nitrogens is 1. The Bertz CT molecular complexity index is 977. The second-order valence-electron chi connectivity index (χ2n) is 6.71. The standard InChI is InChI=1S/C20H18F3N3OS2/c21-20(22,23)14-3-1-4-16(11-14)25-6-8-26(9-7-25)18(27)12-15-13-29-19(24-15)17-5-2-10-28-17/h1-5,10-11,13H,6-9,12H2. The molecule has 1 aliphatic rings. The fraction of sp³-hybridized carbons (Fsp3) is 0.300. The van der Waals surface area contributed by atoms with E-state index in [1.54, 1.807) is 22.3 Å². The zero-order valence-corrected chi connectivity index (χ0v) is 17.0. The van der Waals surface area contributed by atoms with Gasteiger partial charge in [0, 0.05) is 37.2 Å². The molecular formula is C20H18F3N3OS2. The van der Waals surface area contributed by atoms with E-state index in [1.807, 2.05) is 27.8 Å². The average Bonchev–Trinajstić information content (AvgIpc) is 3.39. The second-order valence-corrected chi connectivity index (χ2v) is 8.52. The summed E-state index contributed by atoms with van der Waals surface area (Å²) >= 11 is 3.14. The molecule has 0 radical (unpaired) electrons. The maximum absolute atomic E-state index is 12.9. The van der Waals surface area contributed by atoms with E-state index >= 15 is 0 Å². The van der Waals surface area contributed by atoms with Crippen LogP contribution in [0.25, 0.3) is 9.88 Å². The highest BCUT2D eigenvalue weighted by Gasteiger charge is 2.31. The van der Waals surface area contributed by atoms with E-state index in [0.717, 1.165) is 21.6 Å². The monoisotopic (exact) mass is 437 g/mol. The number of alkyl halides is 3. The van der Waals surface area contributed by atoms with Crippen molar-refractivity contribution in [2.75, 3.05) is 31.1 Å². The quantitative estimate of drug-likeness (QED) is 0.589. The van der Waals surface area contributed by atoms with Crippen molar-refractivity contribution in [1.82, 2.24) is 9.88 Å². The Kier molecular flexibility index (Phi) is 5.60. The van der Waals surface area contributed by atoms with Gasteiger partial charge >= 0.3 is 6.18 Å². The van der Waals surface area contributed by atoms with Crippen molar-refractivity contribution in [2.24, 2.45) is 0 Å². The first kappa shape index (κ1) is 19.9. The highest BCUT2D eigenvalue weighted by molar-refractivity contribution is 7.20. The Balaban J connectivity index is 1.34. The molecule has 2 aromatic heterocycles. The molecule has 4 nitrogen and oxygen atoms in total. The van der Waals surface area contributed by atoms with E-state index in [2.05, 4.69) is 4.98 Å². The van der Waals surface area contributed by atoms with Crippen LogP contribution in [0.4, 0.5) is 18.9 Å². The predicted molar refractivity (Wildman–Crippen MR) is 109 cm³/mol. The minimum atomic E-state index is -4.36. The summed E-state index contributed by atoms with van der Waals surface area (Å²) in [6.45, 7) is 1.98. The highest BCUT2D eigenvalue weighted by Crippen LogP contribution is 2.32. The molecule has 4 rings (SSSR count). The summed E-state index contributed by atoms with van der Waals surface area (Å²) in [5.41, 5.74) is 0.634. The molecule has 1 fully saturated rings. The minimum absolute atomic E-state index is 0.00304. The number of rotatable bonds is 4. The van der Waals surface area contributed by atoms with Crippen molar-refractivity contribution in [3.63, 3.8) is 0 Å². The van der Waals surface area contributed by atoms with Crippen LogP contribution in [0.2, 0.25) is 0 Å². The Labute approximate surface area is 174 Å². The Morgan fingerprint density at radius 2 is 1.86 bits per heavy atom. The van der Waals surface area contributed by atoms with Crippen LogP contribution in [-0.2, 0) is 17.4 Å². The zero-order valence-electron chi connectivity index (χ0n) is 15.4.